The largest absolute Gasteiger partial charge is 0.437 e. The second-order valence-electron chi connectivity index (χ2n) is 6.35. The summed E-state index contributed by atoms with van der Waals surface area (Å²) in [6, 6.07) is 18.1. The fourth-order valence-corrected chi connectivity index (χ4v) is 3.10. The molecular formula is C20H21N3O3. The van der Waals surface area contributed by atoms with Crippen LogP contribution in [-0.4, -0.2) is 36.1 Å². The van der Waals surface area contributed by atoms with Crippen LogP contribution in [0.15, 0.2) is 63.8 Å². The zero-order chi connectivity index (χ0) is 17.8. The van der Waals surface area contributed by atoms with Crippen molar-refractivity contribution in [1.82, 2.24) is 9.78 Å². The van der Waals surface area contributed by atoms with Gasteiger partial charge in [0.1, 0.15) is 0 Å². The van der Waals surface area contributed by atoms with Crippen LogP contribution in [0, 0.1) is 0 Å². The predicted octanol–water partition coefficient (Wildman–Crippen LogP) is 2.31. The molecule has 0 unspecified atom stereocenters. The van der Waals surface area contributed by atoms with Crippen LogP contribution in [0.25, 0.3) is 0 Å². The summed E-state index contributed by atoms with van der Waals surface area (Å²) in [5.41, 5.74) is 3.26. The van der Waals surface area contributed by atoms with E-state index in [2.05, 4.69) is 22.1 Å². The zero-order valence-electron chi connectivity index (χ0n) is 14.5. The highest BCUT2D eigenvalue weighted by Gasteiger charge is 2.12. The van der Waals surface area contributed by atoms with E-state index in [0.29, 0.717) is 18.9 Å². The van der Waals surface area contributed by atoms with Gasteiger partial charge < -0.3 is 14.1 Å². The number of ether oxygens (including phenoxy) is 1. The van der Waals surface area contributed by atoms with Gasteiger partial charge in [0.05, 0.1) is 26.2 Å². The Hall–Kier alpha value is -2.86. The Kier molecular flexibility index (Phi) is 4.84. The van der Waals surface area contributed by atoms with Gasteiger partial charge in [-0.1, -0.05) is 42.5 Å². The molecule has 4 rings (SSSR count). The monoisotopic (exact) mass is 351 g/mol. The smallest absolute Gasteiger partial charge is 0.392 e. The SMILES string of the molecule is O=c1oc(Cc2ccccc2)nn1Cc1ccc(N2CCOCC2)cc1. The molecule has 0 amide bonds. The molecule has 6 nitrogen and oxygen atoms in total. The van der Waals surface area contributed by atoms with Crippen LogP contribution in [0.5, 0.6) is 0 Å². The normalized spacial score (nSPS) is 14.5. The molecule has 0 N–H and O–H groups in total. The second kappa shape index (κ2) is 7.58. The van der Waals surface area contributed by atoms with Crippen molar-refractivity contribution in [2.75, 3.05) is 31.2 Å². The van der Waals surface area contributed by atoms with Gasteiger partial charge in [-0.3, -0.25) is 0 Å². The Morgan fingerprint density at radius 3 is 2.38 bits per heavy atom. The van der Waals surface area contributed by atoms with Gasteiger partial charge in [0, 0.05) is 18.8 Å². The first-order valence-corrected chi connectivity index (χ1v) is 8.80. The van der Waals surface area contributed by atoms with Crippen molar-refractivity contribution in [3.8, 4) is 0 Å². The third-order valence-electron chi connectivity index (χ3n) is 4.49. The number of hydrogen-bond acceptors (Lipinski definition) is 5. The molecule has 0 aliphatic carbocycles. The fraction of sp³-hybridized carbons (Fsp3) is 0.300. The Morgan fingerprint density at radius 2 is 1.65 bits per heavy atom. The molecule has 1 aliphatic rings. The van der Waals surface area contributed by atoms with Crippen molar-refractivity contribution < 1.29 is 9.15 Å². The van der Waals surface area contributed by atoms with Crippen LogP contribution in [-0.2, 0) is 17.7 Å². The zero-order valence-corrected chi connectivity index (χ0v) is 14.5. The molecule has 134 valence electrons. The van der Waals surface area contributed by atoms with Crippen molar-refractivity contribution in [3.05, 3.63) is 82.2 Å². The maximum atomic E-state index is 12.1. The van der Waals surface area contributed by atoms with Crippen molar-refractivity contribution in [2.45, 2.75) is 13.0 Å². The molecule has 0 bridgehead atoms. The van der Waals surface area contributed by atoms with E-state index < -0.39 is 5.76 Å². The minimum absolute atomic E-state index is 0.403. The molecule has 2 aromatic carbocycles. The number of benzene rings is 2. The quantitative estimate of drug-likeness (QED) is 0.706. The predicted molar refractivity (Wildman–Crippen MR) is 98.6 cm³/mol. The van der Waals surface area contributed by atoms with Crippen LogP contribution in [0.4, 0.5) is 5.69 Å². The van der Waals surface area contributed by atoms with E-state index in [4.69, 9.17) is 9.15 Å². The van der Waals surface area contributed by atoms with Crippen LogP contribution in [0.3, 0.4) is 0 Å². The average molecular weight is 351 g/mol. The van der Waals surface area contributed by atoms with Gasteiger partial charge in [-0.05, 0) is 23.3 Å². The van der Waals surface area contributed by atoms with E-state index in [1.807, 2.05) is 42.5 Å². The number of rotatable bonds is 5. The second-order valence-corrected chi connectivity index (χ2v) is 6.35. The Bertz CT molecular complexity index is 894. The van der Waals surface area contributed by atoms with Gasteiger partial charge in [-0.25, -0.2) is 4.79 Å². The van der Waals surface area contributed by atoms with Crippen molar-refractivity contribution in [3.63, 3.8) is 0 Å². The number of hydrogen-bond donors (Lipinski definition) is 0. The number of nitrogens with zero attached hydrogens (tertiary/aromatic N) is 3. The fourth-order valence-electron chi connectivity index (χ4n) is 3.10. The summed E-state index contributed by atoms with van der Waals surface area (Å²) in [7, 11) is 0. The van der Waals surface area contributed by atoms with E-state index in [9.17, 15) is 4.79 Å². The lowest BCUT2D eigenvalue weighted by Gasteiger charge is -2.28. The summed E-state index contributed by atoms with van der Waals surface area (Å²) < 4.78 is 12.0. The average Bonchev–Trinajstić information content (AvgIpc) is 3.03. The summed E-state index contributed by atoms with van der Waals surface area (Å²) in [6.07, 6.45) is 0.513. The summed E-state index contributed by atoms with van der Waals surface area (Å²) in [6.45, 7) is 3.75. The first-order chi connectivity index (χ1) is 12.8. The van der Waals surface area contributed by atoms with E-state index in [1.165, 1.54) is 10.4 Å². The Morgan fingerprint density at radius 1 is 0.923 bits per heavy atom. The Balaban J connectivity index is 1.44. The van der Waals surface area contributed by atoms with Gasteiger partial charge in [0.15, 0.2) is 0 Å². The van der Waals surface area contributed by atoms with Crippen molar-refractivity contribution in [2.24, 2.45) is 0 Å². The Labute approximate surface area is 151 Å². The molecule has 26 heavy (non-hydrogen) atoms. The van der Waals surface area contributed by atoms with Crippen molar-refractivity contribution >= 4 is 5.69 Å². The summed E-state index contributed by atoms with van der Waals surface area (Å²) in [5, 5.41) is 4.32. The van der Waals surface area contributed by atoms with Crippen LogP contribution in [0.1, 0.15) is 17.0 Å². The molecule has 0 saturated carbocycles. The van der Waals surface area contributed by atoms with E-state index in [1.54, 1.807) is 0 Å². The molecule has 3 aromatic rings. The summed E-state index contributed by atoms with van der Waals surface area (Å²) >= 11 is 0. The van der Waals surface area contributed by atoms with Gasteiger partial charge in [-0.2, -0.15) is 4.68 Å². The van der Waals surface area contributed by atoms with Gasteiger partial charge in [0.2, 0.25) is 5.89 Å². The summed E-state index contributed by atoms with van der Waals surface area (Å²) in [5.74, 6) is 0.0133. The molecule has 1 aromatic heterocycles. The van der Waals surface area contributed by atoms with Gasteiger partial charge >= 0.3 is 5.76 Å². The number of aromatic nitrogens is 2. The molecular weight excluding hydrogens is 330 g/mol. The van der Waals surface area contributed by atoms with Crippen molar-refractivity contribution in [1.29, 1.82) is 0 Å². The molecule has 0 radical (unpaired) electrons. The van der Waals surface area contributed by atoms with E-state index in [0.717, 1.165) is 37.4 Å². The third kappa shape index (κ3) is 3.86. The molecule has 6 heteroatoms. The maximum Gasteiger partial charge on any atom is 0.437 e. The van der Waals surface area contributed by atoms with Gasteiger partial charge in [0.25, 0.3) is 0 Å². The van der Waals surface area contributed by atoms with E-state index in [-0.39, 0.29) is 0 Å². The highest BCUT2D eigenvalue weighted by molar-refractivity contribution is 5.47. The third-order valence-corrected chi connectivity index (χ3v) is 4.49. The number of morpholine rings is 1. The molecule has 0 spiro atoms. The highest BCUT2D eigenvalue weighted by Crippen LogP contribution is 2.17. The first-order valence-electron chi connectivity index (χ1n) is 8.80. The van der Waals surface area contributed by atoms with Gasteiger partial charge in [-0.15, -0.1) is 5.10 Å². The van der Waals surface area contributed by atoms with Crippen LogP contribution in [0.2, 0.25) is 0 Å². The minimum atomic E-state index is -0.423. The molecule has 1 saturated heterocycles. The lowest BCUT2D eigenvalue weighted by Crippen LogP contribution is -2.36. The van der Waals surface area contributed by atoms with E-state index >= 15 is 0 Å². The molecule has 0 atom stereocenters. The highest BCUT2D eigenvalue weighted by atomic mass is 16.5. The molecule has 1 aliphatic heterocycles. The topological polar surface area (TPSA) is 60.5 Å². The molecule has 1 fully saturated rings. The molecule has 2 heterocycles. The minimum Gasteiger partial charge on any atom is -0.392 e. The maximum absolute atomic E-state index is 12.1. The van der Waals surface area contributed by atoms with Crippen LogP contribution >= 0.6 is 0 Å². The lowest BCUT2D eigenvalue weighted by atomic mass is 10.1. The number of anilines is 1. The van der Waals surface area contributed by atoms with Crippen LogP contribution < -0.4 is 10.7 Å². The first kappa shape index (κ1) is 16.6. The standard InChI is InChI=1S/C20H21N3O3/c24-20-23(21-19(26-20)14-16-4-2-1-3-5-16)15-17-6-8-18(9-7-17)22-10-12-25-13-11-22/h1-9H,10-15H2. The summed E-state index contributed by atoms with van der Waals surface area (Å²) in [4.78, 5) is 14.4. The lowest BCUT2D eigenvalue weighted by molar-refractivity contribution is 0.122.